The summed E-state index contributed by atoms with van der Waals surface area (Å²) in [6.45, 7) is 6.42. The fourth-order valence-corrected chi connectivity index (χ4v) is 6.98. The molecule has 1 atom stereocenters. The molecular weight excluding hydrogens is 817 g/mol. The average molecular weight is 915 g/mol. The van der Waals surface area contributed by atoms with Gasteiger partial charge >= 0.3 is 17.9 Å². The monoisotopic (exact) mass is 915 g/mol. The Labute approximate surface area is 406 Å². The normalized spacial score (nSPS) is 13.0. The van der Waals surface area contributed by atoms with E-state index >= 15 is 0 Å². The second-order valence-corrected chi connectivity index (χ2v) is 17.4. The summed E-state index contributed by atoms with van der Waals surface area (Å²) < 4.78 is 16.7. The number of carbonyl (C=O) groups is 3. The molecule has 0 fully saturated rings. The summed E-state index contributed by atoms with van der Waals surface area (Å²) in [4.78, 5) is 37.9. The SMILES string of the molecule is CC/C=C\C/C=C\C/C=C\C/C=C\C/C=C\C/C=C\C/C=C\C/C=C\CCCCC(=O)OCC(COC(=O)CCCCCCCCCCC)OC(=O)CCCCCCC/C=C\CCCCC. The summed E-state index contributed by atoms with van der Waals surface area (Å²) in [5.41, 5.74) is 0. The Morgan fingerprint density at radius 1 is 0.318 bits per heavy atom. The molecule has 0 aliphatic heterocycles. The van der Waals surface area contributed by atoms with Crippen molar-refractivity contribution in [3.8, 4) is 0 Å². The molecule has 0 rings (SSSR count). The van der Waals surface area contributed by atoms with Crippen molar-refractivity contribution < 1.29 is 28.6 Å². The van der Waals surface area contributed by atoms with Crippen LogP contribution in [0, 0.1) is 0 Å². The van der Waals surface area contributed by atoms with Crippen molar-refractivity contribution >= 4 is 17.9 Å². The average Bonchev–Trinajstić information content (AvgIpc) is 3.31. The summed E-state index contributed by atoms with van der Waals surface area (Å²) in [6, 6.07) is 0. The molecule has 0 saturated heterocycles. The van der Waals surface area contributed by atoms with Crippen molar-refractivity contribution in [2.45, 2.75) is 239 Å². The van der Waals surface area contributed by atoms with E-state index in [4.69, 9.17) is 14.2 Å². The Bertz CT molecular complexity index is 1370. The van der Waals surface area contributed by atoms with Gasteiger partial charge in [-0.15, -0.1) is 0 Å². The van der Waals surface area contributed by atoms with Gasteiger partial charge in [0.05, 0.1) is 0 Å². The van der Waals surface area contributed by atoms with Gasteiger partial charge in [-0.1, -0.05) is 214 Å². The van der Waals surface area contributed by atoms with E-state index in [1.165, 1.54) is 70.6 Å². The first-order valence-corrected chi connectivity index (χ1v) is 26.9. The minimum Gasteiger partial charge on any atom is -0.462 e. The molecule has 6 nitrogen and oxygen atoms in total. The van der Waals surface area contributed by atoms with Gasteiger partial charge in [0.1, 0.15) is 13.2 Å². The first kappa shape index (κ1) is 62.1. The number of allylic oxidation sites excluding steroid dienone is 18. The van der Waals surface area contributed by atoms with Crippen LogP contribution in [0.25, 0.3) is 0 Å². The van der Waals surface area contributed by atoms with Gasteiger partial charge in [-0.3, -0.25) is 14.4 Å². The molecular formula is C60H98O6. The van der Waals surface area contributed by atoms with Crippen LogP contribution in [0.2, 0.25) is 0 Å². The van der Waals surface area contributed by atoms with E-state index in [1.807, 2.05) is 0 Å². The maximum atomic E-state index is 12.8. The van der Waals surface area contributed by atoms with Gasteiger partial charge in [0, 0.05) is 19.3 Å². The van der Waals surface area contributed by atoms with Crippen LogP contribution in [0.3, 0.4) is 0 Å². The van der Waals surface area contributed by atoms with Gasteiger partial charge in [0.15, 0.2) is 6.10 Å². The second kappa shape index (κ2) is 53.7. The van der Waals surface area contributed by atoms with Crippen LogP contribution < -0.4 is 0 Å². The van der Waals surface area contributed by atoms with Crippen LogP contribution in [0.1, 0.15) is 233 Å². The van der Waals surface area contributed by atoms with Crippen LogP contribution in [-0.4, -0.2) is 37.2 Å². The smallest absolute Gasteiger partial charge is 0.306 e. The van der Waals surface area contributed by atoms with E-state index < -0.39 is 6.10 Å². The fourth-order valence-electron chi connectivity index (χ4n) is 6.98. The summed E-state index contributed by atoms with van der Waals surface area (Å²) in [5, 5.41) is 0. The highest BCUT2D eigenvalue weighted by Crippen LogP contribution is 2.13. The van der Waals surface area contributed by atoms with Gasteiger partial charge in [-0.05, 0) is 109 Å². The van der Waals surface area contributed by atoms with Crippen LogP contribution in [-0.2, 0) is 28.6 Å². The highest BCUT2D eigenvalue weighted by Gasteiger charge is 2.19. The fraction of sp³-hybridized carbons (Fsp3) is 0.650. The first-order valence-electron chi connectivity index (χ1n) is 26.9. The molecule has 0 heterocycles. The van der Waals surface area contributed by atoms with Crippen molar-refractivity contribution in [3.63, 3.8) is 0 Å². The van der Waals surface area contributed by atoms with Crippen LogP contribution in [0.5, 0.6) is 0 Å². The predicted molar refractivity (Wildman–Crippen MR) is 283 cm³/mol. The van der Waals surface area contributed by atoms with Crippen molar-refractivity contribution in [2.75, 3.05) is 13.2 Å². The van der Waals surface area contributed by atoms with Crippen molar-refractivity contribution in [1.82, 2.24) is 0 Å². The van der Waals surface area contributed by atoms with Crippen molar-refractivity contribution in [2.24, 2.45) is 0 Å². The minimum absolute atomic E-state index is 0.0954. The second-order valence-electron chi connectivity index (χ2n) is 17.4. The Morgan fingerprint density at radius 3 is 1.00 bits per heavy atom. The number of hydrogen-bond acceptors (Lipinski definition) is 6. The number of esters is 3. The Morgan fingerprint density at radius 2 is 0.591 bits per heavy atom. The van der Waals surface area contributed by atoms with Gasteiger partial charge in [-0.25, -0.2) is 0 Å². The number of rotatable bonds is 47. The quantitative estimate of drug-likeness (QED) is 0.0262. The van der Waals surface area contributed by atoms with E-state index in [2.05, 4.69) is 130 Å². The Balaban J connectivity index is 4.34. The highest BCUT2D eigenvalue weighted by molar-refractivity contribution is 5.71. The molecule has 0 bridgehead atoms. The van der Waals surface area contributed by atoms with Crippen LogP contribution in [0.15, 0.2) is 109 Å². The molecule has 0 radical (unpaired) electrons. The summed E-state index contributed by atoms with van der Waals surface area (Å²) in [6.07, 6.45) is 72.3. The van der Waals surface area contributed by atoms with E-state index in [0.29, 0.717) is 19.3 Å². The molecule has 0 aliphatic carbocycles. The van der Waals surface area contributed by atoms with Crippen LogP contribution >= 0.6 is 0 Å². The van der Waals surface area contributed by atoms with E-state index in [1.54, 1.807) is 0 Å². The van der Waals surface area contributed by atoms with E-state index in [0.717, 1.165) is 122 Å². The zero-order chi connectivity index (χ0) is 47.9. The van der Waals surface area contributed by atoms with Crippen LogP contribution in [0.4, 0.5) is 0 Å². The molecule has 66 heavy (non-hydrogen) atoms. The number of hydrogen-bond donors (Lipinski definition) is 0. The number of carbonyl (C=O) groups excluding carboxylic acids is 3. The largest absolute Gasteiger partial charge is 0.462 e. The van der Waals surface area contributed by atoms with E-state index in [-0.39, 0.29) is 31.1 Å². The molecule has 0 amide bonds. The maximum absolute atomic E-state index is 12.8. The Hall–Kier alpha value is -3.93. The standard InChI is InChI=1S/C60H98O6/c1-4-7-10-13-16-19-21-23-24-25-26-27-28-29-30-31-32-33-34-35-36-37-39-41-44-47-50-53-59(62)65-56-57(55-64-58(61)52-49-46-43-40-18-15-12-9-6-3)66-60(63)54-51-48-45-42-38-22-20-17-14-11-8-5-2/h7,10,16-17,19-20,23-24,26-27,29-30,32-33,35-36,39,41,57H,4-6,8-9,11-15,18,21-22,25,28,31,34,37-38,40,42-56H2,1-3H3/b10-7-,19-16-,20-17-,24-23-,27-26-,30-29-,33-32-,36-35-,41-39-. The Kier molecular flexibility index (Phi) is 50.5. The predicted octanol–water partition coefficient (Wildman–Crippen LogP) is 17.9. The van der Waals surface area contributed by atoms with Gasteiger partial charge in [0.2, 0.25) is 0 Å². The molecule has 0 aliphatic rings. The minimum atomic E-state index is -0.798. The lowest BCUT2D eigenvalue weighted by molar-refractivity contribution is -0.167. The molecule has 0 N–H and O–H groups in total. The third-order valence-corrected chi connectivity index (χ3v) is 11.0. The van der Waals surface area contributed by atoms with Crippen molar-refractivity contribution in [1.29, 1.82) is 0 Å². The van der Waals surface area contributed by atoms with E-state index in [9.17, 15) is 14.4 Å². The molecule has 0 aromatic rings. The molecule has 6 heteroatoms. The molecule has 0 aromatic carbocycles. The molecule has 0 saturated carbocycles. The van der Waals surface area contributed by atoms with Gasteiger partial charge in [0.25, 0.3) is 0 Å². The lowest BCUT2D eigenvalue weighted by Crippen LogP contribution is -2.30. The lowest BCUT2D eigenvalue weighted by Gasteiger charge is -2.18. The molecule has 0 aromatic heterocycles. The molecule has 0 spiro atoms. The third-order valence-electron chi connectivity index (χ3n) is 11.0. The highest BCUT2D eigenvalue weighted by atomic mass is 16.6. The summed E-state index contributed by atoms with van der Waals surface area (Å²) in [7, 11) is 0. The van der Waals surface area contributed by atoms with Gasteiger partial charge in [-0.2, -0.15) is 0 Å². The number of ether oxygens (including phenoxy) is 3. The summed E-state index contributed by atoms with van der Waals surface area (Å²) in [5.74, 6) is -0.958. The number of unbranched alkanes of at least 4 members (excludes halogenated alkanes) is 18. The maximum Gasteiger partial charge on any atom is 0.306 e. The molecule has 1 unspecified atom stereocenters. The van der Waals surface area contributed by atoms with Crippen molar-refractivity contribution in [3.05, 3.63) is 109 Å². The first-order chi connectivity index (χ1) is 32.5. The third kappa shape index (κ3) is 51.1. The molecule has 374 valence electrons. The summed E-state index contributed by atoms with van der Waals surface area (Å²) >= 11 is 0. The zero-order valence-electron chi connectivity index (χ0n) is 42.7. The zero-order valence-corrected chi connectivity index (χ0v) is 42.7. The topological polar surface area (TPSA) is 78.9 Å². The lowest BCUT2D eigenvalue weighted by atomic mass is 10.1. The van der Waals surface area contributed by atoms with Gasteiger partial charge < -0.3 is 14.2 Å².